The van der Waals surface area contributed by atoms with Gasteiger partial charge in [-0.1, -0.05) is 53.9 Å². The quantitative estimate of drug-likeness (QED) is 0.175. The number of thiazole rings is 1. The fraction of sp³-hybridized carbons (Fsp3) is 0. The number of pyridine rings is 1. The van der Waals surface area contributed by atoms with Crippen molar-refractivity contribution in [3.05, 3.63) is 128 Å². The molecule has 40 heavy (non-hydrogen) atoms. The van der Waals surface area contributed by atoms with Gasteiger partial charge in [0.05, 0.1) is 5.52 Å². The van der Waals surface area contributed by atoms with Crippen LogP contribution in [0.4, 0.5) is 0 Å². The predicted octanol–water partition coefficient (Wildman–Crippen LogP) is 7.91. The monoisotopic (exact) mass is 712 g/mol. The van der Waals surface area contributed by atoms with E-state index >= 15 is 0 Å². The number of rotatable bonds is 4. The smallest absolute Gasteiger partial charge is 0.346 e. The predicted molar refractivity (Wildman–Crippen MR) is 157 cm³/mol. The van der Waals surface area contributed by atoms with Crippen molar-refractivity contribution in [2.24, 2.45) is 0 Å². The Balaban J connectivity index is 0.00000264. The molecule has 7 heteroatoms. The molecule has 0 bridgehead atoms. The summed E-state index contributed by atoms with van der Waals surface area (Å²) in [5, 5.41) is 7.75. The molecule has 0 aliphatic carbocycles. The Bertz CT molecular complexity index is 2090. The Morgan fingerprint density at radius 1 is 0.725 bits per heavy atom. The third kappa shape index (κ3) is 4.08. The van der Waals surface area contributed by atoms with Crippen molar-refractivity contribution >= 4 is 43.4 Å². The van der Waals surface area contributed by atoms with Crippen LogP contribution in [-0.4, -0.2) is 24.3 Å². The molecule has 0 unspecified atom stereocenters. The summed E-state index contributed by atoms with van der Waals surface area (Å²) in [6.07, 6.45) is 5.54. The van der Waals surface area contributed by atoms with Gasteiger partial charge in [-0.2, -0.15) is 16.4 Å². The van der Waals surface area contributed by atoms with Gasteiger partial charge in [0.15, 0.2) is 0 Å². The largest absolute Gasteiger partial charge is 2.00 e. The fourth-order valence-corrected chi connectivity index (χ4v) is 6.08. The molecule has 0 aliphatic heterocycles. The summed E-state index contributed by atoms with van der Waals surface area (Å²) in [6.45, 7) is 0. The average Bonchev–Trinajstić information content (AvgIpc) is 3.75. The van der Waals surface area contributed by atoms with Crippen molar-refractivity contribution in [1.29, 1.82) is 0 Å². The molecular weight excluding hydrogens is 694 g/mol. The van der Waals surface area contributed by atoms with Gasteiger partial charge < -0.3 is 9.55 Å². The fourth-order valence-electron chi connectivity index (χ4n) is 5.13. The van der Waals surface area contributed by atoms with Crippen LogP contribution in [0.25, 0.3) is 65.2 Å². The first-order chi connectivity index (χ1) is 19.3. The minimum atomic E-state index is 0. The molecule has 0 fully saturated rings. The number of hydrogen-bond donors (Lipinski definition) is 0. The second-order valence-corrected chi connectivity index (χ2v) is 10.3. The van der Waals surface area contributed by atoms with Gasteiger partial charge in [-0.25, -0.2) is 0 Å². The number of fused-ring (bicyclic) bond motifs is 4. The Hall–Kier alpha value is -4.38. The van der Waals surface area contributed by atoms with E-state index in [1.165, 1.54) is 4.70 Å². The van der Waals surface area contributed by atoms with Crippen LogP contribution in [0.2, 0.25) is 0 Å². The molecule has 4 aromatic carbocycles. The van der Waals surface area contributed by atoms with Crippen LogP contribution in [0.15, 0.2) is 116 Å². The van der Waals surface area contributed by atoms with Crippen LogP contribution >= 0.6 is 11.3 Å². The van der Waals surface area contributed by atoms with Crippen molar-refractivity contribution in [3.8, 4) is 33.2 Å². The molecule has 0 radical (unpaired) electrons. The normalized spacial score (nSPS) is 11.3. The van der Waals surface area contributed by atoms with E-state index < -0.39 is 0 Å². The van der Waals surface area contributed by atoms with E-state index in [9.17, 15) is 0 Å². The molecule has 0 atom stereocenters. The van der Waals surface area contributed by atoms with Crippen LogP contribution in [0.5, 0.6) is 0 Å². The molecule has 0 N–H and O–H groups in total. The maximum Gasteiger partial charge on any atom is 2.00 e. The first kappa shape index (κ1) is 24.6. The summed E-state index contributed by atoms with van der Waals surface area (Å²) in [4.78, 5) is 9.51. The number of nitrogens with zero attached hydrogens (tertiary/aromatic N) is 5. The molecule has 192 valence electrons. The first-order valence-corrected chi connectivity index (χ1v) is 13.4. The summed E-state index contributed by atoms with van der Waals surface area (Å²) < 4.78 is 5.27. The molecule has 4 aromatic heterocycles. The van der Waals surface area contributed by atoms with Gasteiger partial charge in [-0.3, -0.25) is 9.67 Å². The van der Waals surface area contributed by atoms with Gasteiger partial charge in [0.1, 0.15) is 0 Å². The Morgan fingerprint density at radius 2 is 1.60 bits per heavy atom. The van der Waals surface area contributed by atoms with E-state index in [1.54, 1.807) is 17.5 Å². The molecule has 0 saturated heterocycles. The molecule has 0 spiro atoms. The van der Waals surface area contributed by atoms with Crippen molar-refractivity contribution in [2.75, 3.05) is 0 Å². The van der Waals surface area contributed by atoms with Crippen molar-refractivity contribution < 1.29 is 21.1 Å². The number of para-hydroxylation sites is 2. The van der Waals surface area contributed by atoms with Crippen LogP contribution in [0.1, 0.15) is 0 Å². The van der Waals surface area contributed by atoms with Crippen LogP contribution in [0.3, 0.4) is 0 Å². The van der Waals surface area contributed by atoms with Crippen molar-refractivity contribution in [3.63, 3.8) is 0 Å². The van der Waals surface area contributed by atoms with E-state index in [-0.39, 0.29) is 21.1 Å². The topological polar surface area (TPSA) is 48.5 Å². The molecule has 0 saturated carbocycles. The van der Waals surface area contributed by atoms with E-state index in [0.29, 0.717) is 0 Å². The van der Waals surface area contributed by atoms with Gasteiger partial charge >= 0.3 is 21.1 Å². The van der Waals surface area contributed by atoms with Gasteiger partial charge in [0, 0.05) is 33.8 Å². The van der Waals surface area contributed by atoms with E-state index in [1.807, 2.05) is 47.4 Å². The molecule has 8 aromatic rings. The third-order valence-electron chi connectivity index (χ3n) is 6.90. The van der Waals surface area contributed by atoms with Gasteiger partial charge in [0.25, 0.3) is 0 Å². The zero-order chi connectivity index (χ0) is 25.8. The standard InChI is InChI=1S/C33H19N5S.Pt/c1-3-11-30-26(8-1)27-14-13-22(33-36-29-10-2-4-12-32(29)39-33)20-31(27)38(30)25-19-23(28-9-5-6-15-34-28)18-24(21-25)37-17-7-16-35-37;/h1-18,21H;/q-2;+2. The van der Waals surface area contributed by atoms with E-state index in [2.05, 4.69) is 93.5 Å². The molecule has 5 nitrogen and oxygen atoms in total. The maximum absolute atomic E-state index is 4.90. The molecule has 0 aliphatic rings. The zero-order valence-corrected chi connectivity index (χ0v) is 24.0. The minimum absolute atomic E-state index is 0. The zero-order valence-electron chi connectivity index (χ0n) is 20.9. The molecular formula is C33H19N5PtS. The van der Waals surface area contributed by atoms with Gasteiger partial charge in [-0.15, -0.1) is 41.5 Å². The van der Waals surface area contributed by atoms with Crippen LogP contribution in [0, 0.1) is 12.1 Å². The summed E-state index contributed by atoms with van der Waals surface area (Å²) >= 11 is 1.69. The van der Waals surface area contributed by atoms with Crippen LogP contribution in [-0.2, 0) is 21.1 Å². The van der Waals surface area contributed by atoms with Crippen molar-refractivity contribution in [1.82, 2.24) is 24.3 Å². The SMILES string of the molecule is [Pt+2].[c-]1c(-c2ccccn2)cc(-n2cccn2)cc1-n1c2[c-]c(-c3nc4ccccc4s3)ccc2c2ccccc21. The van der Waals surface area contributed by atoms with E-state index in [4.69, 9.17) is 4.98 Å². The minimum Gasteiger partial charge on any atom is -0.346 e. The number of hydrogen-bond acceptors (Lipinski definition) is 4. The third-order valence-corrected chi connectivity index (χ3v) is 7.97. The van der Waals surface area contributed by atoms with Gasteiger partial charge in [0.2, 0.25) is 0 Å². The second-order valence-electron chi connectivity index (χ2n) is 9.28. The Kier molecular flexibility index (Phi) is 6.15. The van der Waals surface area contributed by atoms with Gasteiger partial charge in [-0.05, 0) is 58.3 Å². The summed E-state index contributed by atoms with van der Waals surface area (Å²) in [5.74, 6) is 0. The van der Waals surface area contributed by atoms with Crippen LogP contribution < -0.4 is 0 Å². The van der Waals surface area contributed by atoms with E-state index in [0.717, 1.165) is 60.5 Å². The summed E-state index contributed by atoms with van der Waals surface area (Å²) in [6, 6.07) is 40.4. The molecule has 8 rings (SSSR count). The Labute approximate surface area is 248 Å². The summed E-state index contributed by atoms with van der Waals surface area (Å²) in [7, 11) is 0. The molecule has 0 amide bonds. The molecule has 4 heterocycles. The average molecular weight is 713 g/mol. The van der Waals surface area contributed by atoms with Crippen molar-refractivity contribution in [2.45, 2.75) is 0 Å². The number of aromatic nitrogens is 5. The number of benzene rings is 4. The summed E-state index contributed by atoms with van der Waals surface area (Å²) in [5.41, 5.74) is 7.63. The second kappa shape index (κ2) is 9.98. The maximum atomic E-state index is 4.90. The first-order valence-electron chi connectivity index (χ1n) is 12.6. The Morgan fingerprint density at radius 3 is 2.45 bits per heavy atom.